The number of para-hydroxylation sites is 1. The number of nitrogens with zero attached hydrogens (tertiary/aromatic N) is 4. The topological polar surface area (TPSA) is 85.2 Å². The van der Waals surface area contributed by atoms with Gasteiger partial charge in [-0.25, -0.2) is 12.8 Å². The fourth-order valence-electron chi connectivity index (χ4n) is 4.22. The molecule has 2 fully saturated rings. The van der Waals surface area contributed by atoms with E-state index in [1.165, 1.54) is 28.7 Å². The van der Waals surface area contributed by atoms with Gasteiger partial charge in [0.15, 0.2) is 15.0 Å². The van der Waals surface area contributed by atoms with Crippen molar-refractivity contribution in [3.8, 4) is 5.69 Å². The highest BCUT2D eigenvalue weighted by Crippen LogP contribution is 2.30. The van der Waals surface area contributed by atoms with E-state index in [0.717, 1.165) is 25.7 Å². The van der Waals surface area contributed by atoms with Crippen LogP contribution in [0, 0.1) is 5.82 Å². The van der Waals surface area contributed by atoms with Gasteiger partial charge in [-0.1, -0.05) is 36.7 Å². The molecule has 0 spiro atoms. The van der Waals surface area contributed by atoms with Gasteiger partial charge in [-0.15, -0.1) is 10.2 Å². The smallest absolute Gasteiger partial charge is 0.233 e. The molecule has 0 radical (unpaired) electrons. The molecule has 0 N–H and O–H groups in total. The summed E-state index contributed by atoms with van der Waals surface area (Å²) in [7, 11) is -3.08. The predicted molar refractivity (Wildman–Crippen MR) is 108 cm³/mol. The molecule has 1 atom stereocenters. The van der Waals surface area contributed by atoms with Crippen molar-refractivity contribution in [3.63, 3.8) is 0 Å². The number of hydrogen-bond acceptors (Lipinski definition) is 6. The van der Waals surface area contributed by atoms with Crippen molar-refractivity contribution >= 4 is 27.5 Å². The molecule has 1 saturated heterocycles. The van der Waals surface area contributed by atoms with Crippen LogP contribution in [-0.4, -0.2) is 63.3 Å². The van der Waals surface area contributed by atoms with Crippen molar-refractivity contribution in [2.75, 3.05) is 17.3 Å². The summed E-state index contributed by atoms with van der Waals surface area (Å²) in [4.78, 5) is 14.9. The number of sulfone groups is 1. The highest BCUT2D eigenvalue weighted by atomic mass is 32.2. The molecule has 1 aliphatic carbocycles. The van der Waals surface area contributed by atoms with E-state index in [2.05, 4.69) is 10.2 Å². The van der Waals surface area contributed by atoms with E-state index >= 15 is 0 Å². The average molecular weight is 439 g/mol. The summed E-state index contributed by atoms with van der Waals surface area (Å²) in [6.07, 6.45) is 5.87. The van der Waals surface area contributed by atoms with E-state index in [1.54, 1.807) is 18.2 Å². The zero-order valence-corrected chi connectivity index (χ0v) is 17.5. The molecule has 4 rings (SSSR count). The molecule has 1 aromatic heterocycles. The lowest BCUT2D eigenvalue weighted by atomic mass is 10.1. The first-order valence-electron chi connectivity index (χ1n) is 9.74. The van der Waals surface area contributed by atoms with Crippen LogP contribution < -0.4 is 0 Å². The van der Waals surface area contributed by atoms with Gasteiger partial charge >= 0.3 is 0 Å². The third-order valence-electron chi connectivity index (χ3n) is 5.56. The first-order valence-corrected chi connectivity index (χ1v) is 12.5. The second-order valence-electron chi connectivity index (χ2n) is 7.52. The molecule has 2 aromatic rings. The summed E-state index contributed by atoms with van der Waals surface area (Å²) in [5.41, 5.74) is 0.321. The van der Waals surface area contributed by atoms with E-state index in [1.807, 2.05) is 4.90 Å². The minimum atomic E-state index is -3.08. The third-order valence-corrected chi connectivity index (χ3v) is 8.24. The lowest BCUT2D eigenvalue weighted by Crippen LogP contribution is -2.47. The number of hydrogen-bond donors (Lipinski definition) is 0. The maximum absolute atomic E-state index is 14.1. The number of amides is 1. The Labute approximate surface area is 173 Å². The molecule has 0 unspecified atom stereocenters. The minimum Gasteiger partial charge on any atom is -0.335 e. The van der Waals surface area contributed by atoms with E-state index in [-0.39, 0.29) is 35.2 Å². The summed E-state index contributed by atoms with van der Waals surface area (Å²) < 4.78 is 39.6. The van der Waals surface area contributed by atoms with Crippen molar-refractivity contribution < 1.29 is 17.6 Å². The Kier molecular flexibility index (Phi) is 5.91. The fraction of sp³-hybridized carbons (Fsp3) is 0.526. The monoisotopic (exact) mass is 438 g/mol. The molecular weight excluding hydrogens is 415 g/mol. The number of aromatic nitrogens is 3. The predicted octanol–water partition coefficient (Wildman–Crippen LogP) is 2.46. The number of carbonyl (C=O) groups excluding carboxylic acids is 1. The minimum absolute atomic E-state index is 0.0469. The molecule has 10 heteroatoms. The molecule has 7 nitrogen and oxygen atoms in total. The van der Waals surface area contributed by atoms with Crippen molar-refractivity contribution in [3.05, 3.63) is 36.4 Å². The van der Waals surface area contributed by atoms with Crippen LogP contribution in [-0.2, 0) is 14.6 Å². The summed E-state index contributed by atoms with van der Waals surface area (Å²) >= 11 is 1.19. The molecule has 29 heavy (non-hydrogen) atoms. The molecule has 1 saturated carbocycles. The van der Waals surface area contributed by atoms with Gasteiger partial charge in [0.05, 0.1) is 22.9 Å². The number of carbonyl (C=O) groups is 1. The number of halogens is 1. The van der Waals surface area contributed by atoms with Crippen LogP contribution in [0.25, 0.3) is 5.69 Å². The Morgan fingerprint density at radius 2 is 1.97 bits per heavy atom. The van der Waals surface area contributed by atoms with E-state index in [0.29, 0.717) is 17.3 Å². The number of benzene rings is 1. The maximum atomic E-state index is 14.1. The lowest BCUT2D eigenvalue weighted by Gasteiger charge is -2.34. The van der Waals surface area contributed by atoms with Gasteiger partial charge in [0.2, 0.25) is 5.91 Å². The van der Waals surface area contributed by atoms with Crippen LogP contribution in [0.4, 0.5) is 4.39 Å². The second-order valence-corrected chi connectivity index (χ2v) is 10.7. The standard InChI is InChI=1S/C19H23FN4O3S2/c20-16-7-3-4-8-17(16)23-13-21-22-19(23)28-11-18(25)24(14-5-1-2-6-14)15-9-10-29(26,27)12-15/h3-4,7-8,13-15H,1-2,5-6,9-12H2/t15-/m0/s1. The van der Waals surface area contributed by atoms with E-state index in [9.17, 15) is 17.6 Å². The van der Waals surface area contributed by atoms with Crippen LogP contribution in [0.2, 0.25) is 0 Å². The summed E-state index contributed by atoms with van der Waals surface area (Å²) in [6, 6.07) is 6.16. The highest BCUT2D eigenvalue weighted by Gasteiger charge is 2.39. The molecule has 2 heterocycles. The van der Waals surface area contributed by atoms with Gasteiger partial charge in [-0.05, 0) is 31.4 Å². The van der Waals surface area contributed by atoms with Gasteiger partial charge in [0.25, 0.3) is 0 Å². The fourth-order valence-corrected chi connectivity index (χ4v) is 6.72. The van der Waals surface area contributed by atoms with Crippen molar-refractivity contribution in [1.29, 1.82) is 0 Å². The Morgan fingerprint density at radius 3 is 2.66 bits per heavy atom. The van der Waals surface area contributed by atoms with Gasteiger partial charge in [0.1, 0.15) is 12.1 Å². The molecule has 0 bridgehead atoms. The highest BCUT2D eigenvalue weighted by molar-refractivity contribution is 7.99. The molecular formula is C19H23FN4O3S2. The van der Waals surface area contributed by atoms with Crippen molar-refractivity contribution in [2.45, 2.75) is 49.3 Å². The Bertz CT molecular complexity index is 989. The first-order chi connectivity index (χ1) is 13.9. The maximum Gasteiger partial charge on any atom is 0.233 e. The SMILES string of the molecule is O=C(CSc1nncn1-c1ccccc1F)N(C1CCCC1)[C@H]1CCS(=O)(=O)C1. The van der Waals surface area contributed by atoms with Gasteiger partial charge < -0.3 is 4.90 Å². The normalized spacial score (nSPS) is 21.5. The molecule has 1 aliphatic heterocycles. The van der Waals surface area contributed by atoms with Crippen LogP contribution in [0.3, 0.4) is 0 Å². The van der Waals surface area contributed by atoms with Gasteiger partial charge in [-0.2, -0.15) is 0 Å². The summed E-state index contributed by atoms with van der Waals surface area (Å²) in [6.45, 7) is 0. The summed E-state index contributed by atoms with van der Waals surface area (Å²) in [5, 5.41) is 8.31. The number of thioether (sulfide) groups is 1. The largest absolute Gasteiger partial charge is 0.335 e. The third kappa shape index (κ3) is 4.48. The Balaban J connectivity index is 1.49. The molecule has 2 aliphatic rings. The van der Waals surface area contributed by atoms with Gasteiger partial charge in [0, 0.05) is 12.1 Å². The van der Waals surface area contributed by atoms with E-state index < -0.39 is 15.7 Å². The molecule has 156 valence electrons. The van der Waals surface area contributed by atoms with Crippen LogP contribution >= 0.6 is 11.8 Å². The molecule has 1 amide bonds. The Morgan fingerprint density at radius 1 is 1.21 bits per heavy atom. The summed E-state index contributed by atoms with van der Waals surface area (Å²) in [5.74, 6) is -0.190. The van der Waals surface area contributed by atoms with Crippen molar-refractivity contribution in [1.82, 2.24) is 19.7 Å². The molecule has 1 aromatic carbocycles. The Hall–Kier alpha value is -1.94. The van der Waals surface area contributed by atoms with E-state index in [4.69, 9.17) is 0 Å². The second kappa shape index (κ2) is 8.43. The van der Waals surface area contributed by atoms with Crippen LogP contribution in [0.5, 0.6) is 0 Å². The quantitative estimate of drug-likeness (QED) is 0.644. The number of rotatable bonds is 6. The van der Waals surface area contributed by atoms with Crippen molar-refractivity contribution in [2.24, 2.45) is 0 Å². The van der Waals surface area contributed by atoms with Gasteiger partial charge in [-0.3, -0.25) is 9.36 Å². The zero-order chi connectivity index (χ0) is 20.4. The lowest BCUT2D eigenvalue weighted by molar-refractivity contribution is -0.132. The average Bonchev–Trinajstić information content (AvgIpc) is 3.42. The first kappa shape index (κ1) is 20.3. The van der Waals surface area contributed by atoms with Crippen LogP contribution in [0.1, 0.15) is 32.1 Å². The zero-order valence-electron chi connectivity index (χ0n) is 15.9. The van der Waals surface area contributed by atoms with Crippen LogP contribution in [0.15, 0.2) is 35.7 Å².